The molecule has 108 valence electrons. The van der Waals surface area contributed by atoms with Gasteiger partial charge in [0.25, 0.3) is 0 Å². The SMILES string of the molecule is CC(NS(=O)(=O)c1cc(CO)ccc1Br)c1cccs1. The molecule has 0 amide bonds. The molecule has 7 heteroatoms. The Morgan fingerprint density at radius 1 is 1.40 bits per heavy atom. The number of halogens is 1. The average molecular weight is 376 g/mol. The molecule has 1 aromatic carbocycles. The first-order valence-electron chi connectivity index (χ1n) is 5.89. The van der Waals surface area contributed by atoms with Crippen LogP contribution in [0.1, 0.15) is 23.4 Å². The zero-order valence-corrected chi connectivity index (χ0v) is 13.9. The number of aliphatic hydroxyl groups excluding tert-OH is 1. The lowest BCUT2D eigenvalue weighted by atomic mass is 10.2. The van der Waals surface area contributed by atoms with Gasteiger partial charge in [0, 0.05) is 9.35 Å². The molecule has 0 saturated heterocycles. The smallest absolute Gasteiger partial charge is 0.242 e. The maximum atomic E-state index is 12.4. The molecule has 2 rings (SSSR count). The largest absolute Gasteiger partial charge is 0.392 e. The molecule has 4 nitrogen and oxygen atoms in total. The van der Waals surface area contributed by atoms with E-state index in [1.807, 2.05) is 17.5 Å². The van der Waals surface area contributed by atoms with E-state index in [1.54, 1.807) is 19.1 Å². The van der Waals surface area contributed by atoms with Crippen molar-refractivity contribution in [3.05, 3.63) is 50.6 Å². The predicted molar refractivity (Wildman–Crippen MR) is 83.1 cm³/mol. The second-order valence-corrected chi connectivity index (χ2v) is 7.80. The molecular weight excluding hydrogens is 362 g/mol. The summed E-state index contributed by atoms with van der Waals surface area (Å²) in [5.74, 6) is 0. The molecule has 2 N–H and O–H groups in total. The van der Waals surface area contributed by atoms with Gasteiger partial charge in [-0.05, 0) is 52.0 Å². The molecule has 2 aromatic rings. The maximum Gasteiger partial charge on any atom is 0.242 e. The van der Waals surface area contributed by atoms with Gasteiger partial charge in [0.1, 0.15) is 0 Å². The van der Waals surface area contributed by atoms with Gasteiger partial charge in [0.2, 0.25) is 10.0 Å². The van der Waals surface area contributed by atoms with Crippen molar-refractivity contribution in [1.29, 1.82) is 0 Å². The summed E-state index contributed by atoms with van der Waals surface area (Å²) in [6, 6.07) is 8.23. The summed E-state index contributed by atoms with van der Waals surface area (Å²) in [6.45, 7) is 1.60. The molecule has 1 unspecified atom stereocenters. The van der Waals surface area contributed by atoms with Gasteiger partial charge in [-0.25, -0.2) is 13.1 Å². The van der Waals surface area contributed by atoms with Crippen molar-refractivity contribution in [2.75, 3.05) is 0 Å². The fraction of sp³-hybridized carbons (Fsp3) is 0.231. The average Bonchev–Trinajstić information content (AvgIpc) is 2.92. The summed E-state index contributed by atoms with van der Waals surface area (Å²) in [4.78, 5) is 1.08. The number of benzene rings is 1. The van der Waals surface area contributed by atoms with Gasteiger partial charge in [-0.3, -0.25) is 0 Å². The first kappa shape index (κ1) is 15.7. The van der Waals surface area contributed by atoms with E-state index in [2.05, 4.69) is 20.7 Å². The summed E-state index contributed by atoms with van der Waals surface area (Å²) >= 11 is 4.74. The number of hydrogen-bond donors (Lipinski definition) is 2. The third-order valence-corrected chi connectivity index (χ3v) is 6.36. The van der Waals surface area contributed by atoms with E-state index < -0.39 is 10.0 Å². The van der Waals surface area contributed by atoms with E-state index in [9.17, 15) is 8.42 Å². The molecule has 0 fully saturated rings. The Kier molecular flexibility index (Phi) is 4.98. The van der Waals surface area contributed by atoms with Crippen molar-refractivity contribution >= 4 is 37.3 Å². The van der Waals surface area contributed by atoms with Crippen molar-refractivity contribution in [3.8, 4) is 0 Å². The van der Waals surface area contributed by atoms with Crippen LogP contribution in [-0.2, 0) is 16.6 Å². The van der Waals surface area contributed by atoms with Crippen LogP contribution in [0, 0.1) is 0 Å². The van der Waals surface area contributed by atoms with Crippen molar-refractivity contribution in [1.82, 2.24) is 4.72 Å². The highest BCUT2D eigenvalue weighted by Gasteiger charge is 2.21. The van der Waals surface area contributed by atoms with Crippen molar-refractivity contribution < 1.29 is 13.5 Å². The molecule has 1 aromatic heterocycles. The van der Waals surface area contributed by atoms with Crippen LogP contribution in [0.15, 0.2) is 45.1 Å². The Bertz CT molecular complexity index is 684. The Labute approximate surface area is 130 Å². The lowest BCUT2D eigenvalue weighted by Gasteiger charge is -2.14. The molecule has 20 heavy (non-hydrogen) atoms. The van der Waals surface area contributed by atoms with Gasteiger partial charge in [0.15, 0.2) is 0 Å². The van der Waals surface area contributed by atoms with Crippen LogP contribution < -0.4 is 4.72 Å². The Morgan fingerprint density at radius 3 is 2.75 bits per heavy atom. The molecule has 0 bridgehead atoms. The molecule has 0 spiro atoms. The normalized spacial score (nSPS) is 13.3. The van der Waals surface area contributed by atoms with Gasteiger partial charge in [-0.15, -0.1) is 11.3 Å². The minimum Gasteiger partial charge on any atom is -0.392 e. The molecular formula is C13H14BrNO3S2. The second-order valence-electron chi connectivity index (χ2n) is 4.28. The summed E-state index contributed by atoms with van der Waals surface area (Å²) in [5.41, 5.74) is 0.553. The molecule has 0 saturated carbocycles. The van der Waals surface area contributed by atoms with Crippen LogP contribution in [0.2, 0.25) is 0 Å². The Balaban J connectivity index is 2.31. The molecule has 0 radical (unpaired) electrons. The first-order chi connectivity index (χ1) is 9.44. The Hall–Kier alpha value is -0.730. The maximum absolute atomic E-state index is 12.4. The van der Waals surface area contributed by atoms with Crippen molar-refractivity contribution in [2.24, 2.45) is 0 Å². The Morgan fingerprint density at radius 2 is 2.15 bits per heavy atom. The van der Waals surface area contributed by atoms with Gasteiger partial charge in [0.05, 0.1) is 17.5 Å². The second kappa shape index (κ2) is 6.36. The van der Waals surface area contributed by atoms with Crippen LogP contribution >= 0.6 is 27.3 Å². The standard InChI is InChI=1S/C13H14BrNO3S2/c1-9(12-3-2-6-19-12)15-20(17,18)13-7-10(8-16)4-5-11(13)14/h2-7,9,15-16H,8H2,1H3. The fourth-order valence-corrected chi connectivity index (χ4v) is 4.79. The van der Waals surface area contributed by atoms with Gasteiger partial charge in [-0.2, -0.15) is 0 Å². The summed E-state index contributed by atoms with van der Waals surface area (Å²) in [7, 11) is -3.65. The number of rotatable bonds is 5. The highest BCUT2D eigenvalue weighted by Crippen LogP contribution is 2.26. The quantitative estimate of drug-likeness (QED) is 0.843. The predicted octanol–water partition coefficient (Wildman–Crippen LogP) is 3.04. The third kappa shape index (κ3) is 3.48. The zero-order valence-electron chi connectivity index (χ0n) is 10.7. The van der Waals surface area contributed by atoms with Gasteiger partial charge < -0.3 is 5.11 Å². The van der Waals surface area contributed by atoms with Crippen LogP contribution in [0.25, 0.3) is 0 Å². The molecule has 1 heterocycles. The molecule has 0 aliphatic carbocycles. The van der Waals surface area contributed by atoms with Crippen molar-refractivity contribution in [2.45, 2.75) is 24.5 Å². The van der Waals surface area contributed by atoms with E-state index in [0.717, 1.165) is 4.88 Å². The van der Waals surface area contributed by atoms with E-state index >= 15 is 0 Å². The fourth-order valence-electron chi connectivity index (χ4n) is 1.74. The zero-order chi connectivity index (χ0) is 14.8. The van der Waals surface area contributed by atoms with Gasteiger partial charge >= 0.3 is 0 Å². The van der Waals surface area contributed by atoms with E-state index in [4.69, 9.17) is 5.11 Å². The lowest BCUT2D eigenvalue weighted by molar-refractivity contribution is 0.281. The lowest BCUT2D eigenvalue weighted by Crippen LogP contribution is -2.26. The van der Waals surface area contributed by atoms with Gasteiger partial charge in [-0.1, -0.05) is 12.1 Å². The van der Waals surface area contributed by atoms with Crippen LogP contribution in [-0.4, -0.2) is 13.5 Å². The number of sulfonamides is 1. The monoisotopic (exact) mass is 375 g/mol. The van der Waals surface area contributed by atoms with E-state index in [1.165, 1.54) is 17.4 Å². The summed E-state index contributed by atoms with van der Waals surface area (Å²) in [6.07, 6.45) is 0. The first-order valence-corrected chi connectivity index (χ1v) is 9.04. The minimum absolute atomic E-state index is 0.132. The number of thiophene rings is 1. The number of nitrogens with one attached hydrogen (secondary N) is 1. The van der Waals surface area contributed by atoms with E-state index in [-0.39, 0.29) is 17.5 Å². The van der Waals surface area contributed by atoms with Crippen LogP contribution in [0.3, 0.4) is 0 Å². The molecule has 0 aliphatic rings. The summed E-state index contributed by atoms with van der Waals surface area (Å²) in [5, 5.41) is 11.0. The number of aliphatic hydroxyl groups is 1. The number of hydrogen-bond acceptors (Lipinski definition) is 4. The van der Waals surface area contributed by atoms with Crippen LogP contribution in [0.5, 0.6) is 0 Å². The molecule has 0 aliphatic heterocycles. The highest BCUT2D eigenvalue weighted by molar-refractivity contribution is 9.10. The van der Waals surface area contributed by atoms with Crippen LogP contribution in [0.4, 0.5) is 0 Å². The molecule has 1 atom stereocenters. The topological polar surface area (TPSA) is 66.4 Å². The van der Waals surface area contributed by atoms with Crippen molar-refractivity contribution in [3.63, 3.8) is 0 Å². The summed E-state index contributed by atoms with van der Waals surface area (Å²) < 4.78 is 27.9. The highest BCUT2D eigenvalue weighted by atomic mass is 79.9. The third-order valence-electron chi connectivity index (χ3n) is 2.77. The minimum atomic E-state index is -3.65. The van der Waals surface area contributed by atoms with E-state index in [0.29, 0.717) is 10.0 Å².